The molecule has 1 heterocycles. The van der Waals surface area contributed by atoms with Crippen LogP contribution in [-0.2, 0) is 7.05 Å². The number of hydrogen-bond acceptors (Lipinski definition) is 4. The van der Waals surface area contributed by atoms with Crippen LogP contribution in [0.1, 0.15) is 11.6 Å². The monoisotopic (exact) mass is 252 g/mol. The standard InChI is InChI=1S/C11H13ClN4O/c1-16-6-14-11(15-16)8-4-7(10(13)5-17)2-3-9(8)12/h2-4,6,10,17H,5,13H2,1H3. The molecule has 2 aromatic rings. The second-order valence-electron chi connectivity index (χ2n) is 3.77. The molecule has 0 saturated heterocycles. The number of aromatic nitrogens is 3. The van der Waals surface area contributed by atoms with Crippen LogP contribution in [0.3, 0.4) is 0 Å². The molecule has 1 unspecified atom stereocenters. The van der Waals surface area contributed by atoms with E-state index in [-0.39, 0.29) is 6.61 Å². The van der Waals surface area contributed by atoms with E-state index in [4.69, 9.17) is 22.4 Å². The van der Waals surface area contributed by atoms with E-state index in [1.807, 2.05) is 0 Å². The average Bonchev–Trinajstić information content (AvgIpc) is 2.75. The highest BCUT2D eigenvalue weighted by atomic mass is 35.5. The van der Waals surface area contributed by atoms with Crippen molar-refractivity contribution in [1.82, 2.24) is 14.8 Å². The fourth-order valence-corrected chi connectivity index (χ4v) is 1.72. The van der Waals surface area contributed by atoms with Gasteiger partial charge in [-0.1, -0.05) is 17.7 Å². The molecule has 1 aromatic carbocycles. The van der Waals surface area contributed by atoms with Gasteiger partial charge in [0.1, 0.15) is 6.33 Å². The maximum atomic E-state index is 9.03. The quantitative estimate of drug-likeness (QED) is 0.859. The zero-order valence-electron chi connectivity index (χ0n) is 9.34. The van der Waals surface area contributed by atoms with Gasteiger partial charge in [0.05, 0.1) is 17.7 Å². The Morgan fingerprint density at radius 1 is 1.53 bits per heavy atom. The number of aliphatic hydroxyl groups is 1. The molecule has 0 fully saturated rings. The van der Waals surface area contributed by atoms with Gasteiger partial charge >= 0.3 is 0 Å². The second kappa shape index (κ2) is 4.83. The highest BCUT2D eigenvalue weighted by molar-refractivity contribution is 6.33. The van der Waals surface area contributed by atoms with Gasteiger partial charge in [0, 0.05) is 12.6 Å². The smallest absolute Gasteiger partial charge is 0.182 e. The predicted molar refractivity (Wildman–Crippen MR) is 65.5 cm³/mol. The maximum absolute atomic E-state index is 9.03. The van der Waals surface area contributed by atoms with Crippen LogP contribution in [0.5, 0.6) is 0 Å². The number of benzene rings is 1. The minimum Gasteiger partial charge on any atom is -0.394 e. The Bertz CT molecular complexity index is 526. The van der Waals surface area contributed by atoms with Gasteiger partial charge in [-0.3, -0.25) is 4.68 Å². The Kier molecular flexibility index (Phi) is 3.42. The van der Waals surface area contributed by atoms with Crippen LogP contribution in [0, 0.1) is 0 Å². The third-order valence-electron chi connectivity index (χ3n) is 2.46. The molecule has 2 rings (SSSR count). The van der Waals surface area contributed by atoms with Gasteiger partial charge in [-0.05, 0) is 17.7 Å². The van der Waals surface area contributed by atoms with E-state index in [9.17, 15) is 0 Å². The van der Waals surface area contributed by atoms with Gasteiger partial charge < -0.3 is 10.8 Å². The number of aliphatic hydroxyl groups excluding tert-OH is 1. The molecule has 0 aliphatic heterocycles. The van der Waals surface area contributed by atoms with Crippen molar-refractivity contribution in [3.63, 3.8) is 0 Å². The first-order chi connectivity index (χ1) is 8.11. The number of halogens is 1. The lowest BCUT2D eigenvalue weighted by Gasteiger charge is -2.10. The molecule has 0 amide bonds. The number of rotatable bonds is 3. The van der Waals surface area contributed by atoms with Gasteiger partial charge in [0.15, 0.2) is 5.82 Å². The first kappa shape index (κ1) is 12.0. The van der Waals surface area contributed by atoms with E-state index < -0.39 is 6.04 Å². The molecular weight excluding hydrogens is 240 g/mol. The highest BCUT2D eigenvalue weighted by Crippen LogP contribution is 2.27. The summed E-state index contributed by atoms with van der Waals surface area (Å²) in [6.45, 7) is -0.114. The Morgan fingerprint density at radius 3 is 2.88 bits per heavy atom. The molecule has 0 spiro atoms. The first-order valence-corrected chi connectivity index (χ1v) is 5.51. The molecule has 0 saturated carbocycles. The summed E-state index contributed by atoms with van der Waals surface area (Å²) in [5.74, 6) is 0.546. The van der Waals surface area contributed by atoms with E-state index in [0.717, 1.165) is 5.56 Å². The first-order valence-electron chi connectivity index (χ1n) is 5.13. The summed E-state index contributed by atoms with van der Waals surface area (Å²) in [6.07, 6.45) is 1.60. The molecule has 1 aromatic heterocycles. The van der Waals surface area contributed by atoms with Crippen LogP contribution >= 0.6 is 11.6 Å². The van der Waals surface area contributed by atoms with Crippen molar-refractivity contribution in [3.8, 4) is 11.4 Å². The topological polar surface area (TPSA) is 77.0 Å². The van der Waals surface area contributed by atoms with E-state index in [1.54, 1.807) is 36.3 Å². The van der Waals surface area contributed by atoms with Crippen LogP contribution in [-0.4, -0.2) is 26.5 Å². The molecular formula is C11H13ClN4O. The van der Waals surface area contributed by atoms with E-state index >= 15 is 0 Å². The van der Waals surface area contributed by atoms with Crippen LogP contribution < -0.4 is 5.73 Å². The van der Waals surface area contributed by atoms with Crippen molar-refractivity contribution in [2.24, 2.45) is 12.8 Å². The number of nitrogens with two attached hydrogens (primary N) is 1. The lowest BCUT2D eigenvalue weighted by Crippen LogP contribution is -2.14. The Hall–Kier alpha value is -1.43. The minimum atomic E-state index is -0.422. The highest BCUT2D eigenvalue weighted by Gasteiger charge is 2.12. The number of aryl methyl sites for hydroxylation is 1. The Labute approximate surface area is 104 Å². The fraction of sp³-hybridized carbons (Fsp3) is 0.273. The third kappa shape index (κ3) is 2.46. The molecule has 17 heavy (non-hydrogen) atoms. The van der Waals surface area contributed by atoms with Crippen molar-refractivity contribution in [1.29, 1.82) is 0 Å². The lowest BCUT2D eigenvalue weighted by atomic mass is 10.0. The number of hydrogen-bond donors (Lipinski definition) is 2. The van der Waals surface area contributed by atoms with E-state index in [2.05, 4.69) is 10.1 Å². The zero-order valence-corrected chi connectivity index (χ0v) is 10.1. The maximum Gasteiger partial charge on any atom is 0.182 e. The van der Waals surface area contributed by atoms with Crippen molar-refractivity contribution in [2.45, 2.75) is 6.04 Å². The van der Waals surface area contributed by atoms with Crippen molar-refractivity contribution < 1.29 is 5.11 Å². The lowest BCUT2D eigenvalue weighted by molar-refractivity contribution is 0.268. The molecule has 0 radical (unpaired) electrons. The zero-order chi connectivity index (χ0) is 12.4. The molecule has 1 atom stereocenters. The predicted octanol–water partition coefficient (Wildman–Crippen LogP) is 1.13. The summed E-state index contributed by atoms with van der Waals surface area (Å²) in [6, 6.07) is 4.90. The van der Waals surface area contributed by atoms with Crippen LogP contribution in [0.25, 0.3) is 11.4 Å². The SMILES string of the molecule is Cn1cnc(-c2cc(C(N)CO)ccc2Cl)n1. The van der Waals surface area contributed by atoms with Crippen molar-refractivity contribution in [2.75, 3.05) is 6.61 Å². The largest absolute Gasteiger partial charge is 0.394 e. The van der Waals surface area contributed by atoms with Gasteiger partial charge in [-0.15, -0.1) is 0 Å². The molecule has 3 N–H and O–H groups in total. The molecule has 6 heteroatoms. The summed E-state index contributed by atoms with van der Waals surface area (Å²) < 4.78 is 1.60. The summed E-state index contributed by atoms with van der Waals surface area (Å²) >= 11 is 6.10. The van der Waals surface area contributed by atoms with Crippen molar-refractivity contribution in [3.05, 3.63) is 35.1 Å². The molecule has 5 nitrogen and oxygen atoms in total. The minimum absolute atomic E-state index is 0.114. The summed E-state index contributed by atoms with van der Waals surface area (Å²) in [5.41, 5.74) is 7.28. The Morgan fingerprint density at radius 2 is 2.29 bits per heavy atom. The van der Waals surface area contributed by atoms with Gasteiger partial charge in [-0.25, -0.2) is 4.98 Å². The van der Waals surface area contributed by atoms with Crippen LogP contribution in [0.2, 0.25) is 5.02 Å². The molecule has 0 bridgehead atoms. The summed E-state index contributed by atoms with van der Waals surface area (Å²) in [4.78, 5) is 4.14. The van der Waals surface area contributed by atoms with Gasteiger partial charge in [0.2, 0.25) is 0 Å². The fourth-order valence-electron chi connectivity index (χ4n) is 1.51. The van der Waals surface area contributed by atoms with E-state index in [1.165, 1.54) is 0 Å². The molecule has 0 aliphatic carbocycles. The summed E-state index contributed by atoms with van der Waals surface area (Å²) in [5, 5.41) is 13.8. The Balaban J connectivity index is 2.46. The van der Waals surface area contributed by atoms with E-state index in [0.29, 0.717) is 16.4 Å². The molecule has 90 valence electrons. The van der Waals surface area contributed by atoms with Crippen molar-refractivity contribution >= 4 is 11.6 Å². The third-order valence-corrected chi connectivity index (χ3v) is 2.79. The number of nitrogens with zero attached hydrogens (tertiary/aromatic N) is 3. The van der Waals surface area contributed by atoms with Crippen LogP contribution in [0.15, 0.2) is 24.5 Å². The average molecular weight is 253 g/mol. The second-order valence-corrected chi connectivity index (χ2v) is 4.18. The van der Waals surface area contributed by atoms with Crippen LogP contribution in [0.4, 0.5) is 0 Å². The van der Waals surface area contributed by atoms with Gasteiger partial charge in [0.25, 0.3) is 0 Å². The molecule has 0 aliphatic rings. The summed E-state index contributed by atoms with van der Waals surface area (Å²) in [7, 11) is 1.79. The normalized spacial score (nSPS) is 12.7. The van der Waals surface area contributed by atoms with Gasteiger partial charge in [-0.2, -0.15) is 5.10 Å².